The van der Waals surface area contributed by atoms with E-state index in [2.05, 4.69) is 37.9 Å². The molecule has 0 radical (unpaired) electrons. The lowest BCUT2D eigenvalue weighted by atomic mass is 9.86. The largest absolute Gasteiger partial charge is 0.487 e. The molecule has 112 valence electrons. The van der Waals surface area contributed by atoms with Crippen LogP contribution in [0.1, 0.15) is 37.6 Å². The van der Waals surface area contributed by atoms with Crippen LogP contribution in [0.3, 0.4) is 0 Å². The summed E-state index contributed by atoms with van der Waals surface area (Å²) >= 11 is 6.09. The number of halogens is 1. The fourth-order valence-corrected chi connectivity index (χ4v) is 2.19. The van der Waals surface area contributed by atoms with Gasteiger partial charge >= 0.3 is 0 Å². The quantitative estimate of drug-likeness (QED) is 0.908. The van der Waals surface area contributed by atoms with Gasteiger partial charge in [-0.15, -0.1) is 0 Å². The van der Waals surface area contributed by atoms with E-state index in [0.29, 0.717) is 23.1 Å². The molecule has 2 aromatic rings. The van der Waals surface area contributed by atoms with Gasteiger partial charge in [-0.2, -0.15) is 0 Å². The highest BCUT2D eigenvalue weighted by atomic mass is 35.5. The van der Waals surface area contributed by atoms with E-state index >= 15 is 0 Å². The summed E-state index contributed by atoms with van der Waals surface area (Å²) in [5.74, 6) is 1.28. The van der Waals surface area contributed by atoms with Crippen LogP contribution in [0.15, 0.2) is 30.3 Å². The number of nitrogen functional groups attached to an aromatic ring is 1. The smallest absolute Gasteiger partial charge is 0.132 e. The number of ether oxygens (including phenoxy) is 1. The second-order valence-electron chi connectivity index (χ2n) is 6.18. The molecule has 0 bridgehead atoms. The average molecular weight is 305 g/mol. The molecule has 2 rings (SSSR count). The van der Waals surface area contributed by atoms with Crippen LogP contribution >= 0.6 is 11.6 Å². The molecule has 0 fully saturated rings. The maximum Gasteiger partial charge on any atom is 0.132 e. The fraction of sp³-hybridized carbons (Fsp3) is 0.353. The molecule has 1 aromatic heterocycles. The molecule has 0 aliphatic rings. The standard InChI is InChI=1S/C17H21ClN2O/c1-11-9-12(17(2,3)4)5-7-15(11)21-10-14-13(18)6-8-16(19)20-14/h5-9H,10H2,1-4H3,(H2,19,20). The summed E-state index contributed by atoms with van der Waals surface area (Å²) in [6, 6.07) is 9.66. The minimum absolute atomic E-state index is 0.127. The van der Waals surface area contributed by atoms with Crippen molar-refractivity contribution in [3.05, 3.63) is 52.2 Å². The summed E-state index contributed by atoms with van der Waals surface area (Å²) in [6.45, 7) is 8.93. The molecule has 0 aliphatic heterocycles. The van der Waals surface area contributed by atoms with Crippen molar-refractivity contribution in [2.75, 3.05) is 5.73 Å². The van der Waals surface area contributed by atoms with Crippen LogP contribution in [-0.2, 0) is 12.0 Å². The molecule has 0 saturated heterocycles. The van der Waals surface area contributed by atoms with Crippen molar-refractivity contribution >= 4 is 17.4 Å². The normalized spacial score (nSPS) is 11.5. The molecule has 0 saturated carbocycles. The van der Waals surface area contributed by atoms with Gasteiger partial charge in [0.05, 0.1) is 10.7 Å². The van der Waals surface area contributed by atoms with Gasteiger partial charge in [0.25, 0.3) is 0 Å². The van der Waals surface area contributed by atoms with Crippen molar-refractivity contribution < 1.29 is 4.74 Å². The van der Waals surface area contributed by atoms with Crippen LogP contribution < -0.4 is 10.5 Å². The number of aromatic nitrogens is 1. The molecule has 0 unspecified atom stereocenters. The van der Waals surface area contributed by atoms with Gasteiger partial charge in [-0.1, -0.05) is 44.5 Å². The summed E-state index contributed by atoms with van der Waals surface area (Å²) in [7, 11) is 0. The minimum atomic E-state index is 0.127. The molecule has 2 N–H and O–H groups in total. The van der Waals surface area contributed by atoms with Crippen molar-refractivity contribution in [1.82, 2.24) is 4.98 Å². The molecule has 1 aromatic carbocycles. The predicted octanol–water partition coefficient (Wildman–Crippen LogP) is 4.50. The Labute approximate surface area is 131 Å². The van der Waals surface area contributed by atoms with E-state index < -0.39 is 0 Å². The van der Waals surface area contributed by atoms with E-state index in [1.807, 2.05) is 13.0 Å². The van der Waals surface area contributed by atoms with E-state index in [0.717, 1.165) is 11.3 Å². The molecule has 3 nitrogen and oxygen atoms in total. The third-order valence-electron chi connectivity index (χ3n) is 3.35. The van der Waals surface area contributed by atoms with Crippen LogP contribution in [-0.4, -0.2) is 4.98 Å². The molecule has 0 atom stereocenters. The van der Waals surface area contributed by atoms with Gasteiger partial charge in [-0.25, -0.2) is 4.98 Å². The van der Waals surface area contributed by atoms with Crippen LogP contribution in [0.2, 0.25) is 5.02 Å². The second kappa shape index (κ2) is 5.94. The molecule has 0 amide bonds. The summed E-state index contributed by atoms with van der Waals surface area (Å²) in [4.78, 5) is 4.20. The Morgan fingerprint density at radius 1 is 1.19 bits per heavy atom. The van der Waals surface area contributed by atoms with Crippen molar-refractivity contribution in [2.24, 2.45) is 0 Å². The first-order chi connectivity index (χ1) is 9.77. The SMILES string of the molecule is Cc1cc(C(C)(C)C)ccc1OCc1nc(N)ccc1Cl. The summed E-state index contributed by atoms with van der Waals surface area (Å²) in [5, 5.41) is 0.563. The number of nitrogens with two attached hydrogens (primary N) is 1. The third kappa shape index (κ3) is 3.88. The predicted molar refractivity (Wildman–Crippen MR) is 87.9 cm³/mol. The molecular weight excluding hydrogens is 284 g/mol. The Morgan fingerprint density at radius 3 is 2.52 bits per heavy atom. The molecule has 21 heavy (non-hydrogen) atoms. The first kappa shape index (κ1) is 15.6. The third-order valence-corrected chi connectivity index (χ3v) is 3.69. The first-order valence-electron chi connectivity index (χ1n) is 6.92. The monoisotopic (exact) mass is 304 g/mol. The van der Waals surface area contributed by atoms with Crippen molar-refractivity contribution in [1.29, 1.82) is 0 Å². The average Bonchev–Trinajstić information content (AvgIpc) is 2.40. The van der Waals surface area contributed by atoms with Gasteiger partial charge < -0.3 is 10.5 Å². The highest BCUT2D eigenvalue weighted by Gasteiger charge is 2.15. The van der Waals surface area contributed by atoms with Crippen LogP contribution in [0.4, 0.5) is 5.82 Å². The lowest BCUT2D eigenvalue weighted by Gasteiger charge is -2.20. The minimum Gasteiger partial charge on any atom is -0.487 e. The van der Waals surface area contributed by atoms with Crippen LogP contribution in [0, 0.1) is 6.92 Å². The Kier molecular flexibility index (Phi) is 4.43. The van der Waals surface area contributed by atoms with Gasteiger partial charge in [0.15, 0.2) is 0 Å². The summed E-state index contributed by atoms with van der Waals surface area (Å²) in [5.41, 5.74) is 8.83. The van der Waals surface area contributed by atoms with Gasteiger partial charge in [0, 0.05) is 0 Å². The first-order valence-corrected chi connectivity index (χ1v) is 7.30. The number of benzene rings is 1. The molecular formula is C17H21ClN2O. The zero-order valence-corrected chi connectivity index (χ0v) is 13.7. The Morgan fingerprint density at radius 2 is 1.90 bits per heavy atom. The highest BCUT2D eigenvalue weighted by molar-refractivity contribution is 6.31. The lowest BCUT2D eigenvalue weighted by molar-refractivity contribution is 0.299. The Bertz CT molecular complexity index is 648. The van der Waals surface area contributed by atoms with E-state index in [1.54, 1.807) is 12.1 Å². The number of rotatable bonds is 3. The van der Waals surface area contributed by atoms with E-state index in [9.17, 15) is 0 Å². The number of aryl methyl sites for hydroxylation is 1. The topological polar surface area (TPSA) is 48.1 Å². The number of pyridine rings is 1. The lowest BCUT2D eigenvalue weighted by Crippen LogP contribution is -2.11. The summed E-state index contributed by atoms with van der Waals surface area (Å²) in [6.07, 6.45) is 0. The Hall–Kier alpha value is -1.74. The maximum atomic E-state index is 6.09. The van der Waals surface area contributed by atoms with Crippen LogP contribution in [0.5, 0.6) is 5.75 Å². The maximum absolute atomic E-state index is 6.09. The molecule has 0 aliphatic carbocycles. The second-order valence-corrected chi connectivity index (χ2v) is 6.59. The van der Waals surface area contributed by atoms with E-state index in [4.69, 9.17) is 22.1 Å². The number of nitrogens with zero attached hydrogens (tertiary/aromatic N) is 1. The molecule has 4 heteroatoms. The van der Waals surface area contributed by atoms with Gasteiger partial charge in [0.2, 0.25) is 0 Å². The summed E-state index contributed by atoms with van der Waals surface area (Å²) < 4.78 is 5.82. The van der Waals surface area contributed by atoms with Gasteiger partial charge in [-0.3, -0.25) is 0 Å². The fourth-order valence-electron chi connectivity index (χ4n) is 2.03. The van der Waals surface area contributed by atoms with Gasteiger partial charge in [0.1, 0.15) is 18.2 Å². The van der Waals surface area contributed by atoms with Crippen molar-refractivity contribution in [2.45, 2.75) is 39.7 Å². The molecule has 1 heterocycles. The van der Waals surface area contributed by atoms with Crippen molar-refractivity contribution in [3.63, 3.8) is 0 Å². The number of hydrogen-bond acceptors (Lipinski definition) is 3. The van der Waals surface area contributed by atoms with E-state index in [-0.39, 0.29) is 5.41 Å². The Balaban J connectivity index is 2.15. The van der Waals surface area contributed by atoms with Crippen LogP contribution in [0.25, 0.3) is 0 Å². The van der Waals surface area contributed by atoms with Gasteiger partial charge in [-0.05, 0) is 41.7 Å². The van der Waals surface area contributed by atoms with Crippen molar-refractivity contribution in [3.8, 4) is 5.75 Å². The zero-order valence-electron chi connectivity index (χ0n) is 12.9. The molecule has 0 spiro atoms. The number of anilines is 1. The number of hydrogen-bond donors (Lipinski definition) is 1. The highest BCUT2D eigenvalue weighted by Crippen LogP contribution is 2.28. The zero-order chi connectivity index (χ0) is 15.6. The van der Waals surface area contributed by atoms with E-state index in [1.165, 1.54) is 5.56 Å².